The quantitative estimate of drug-likeness (QED) is 0.364. The van der Waals surface area contributed by atoms with Gasteiger partial charge in [0.2, 0.25) is 0 Å². The maximum atomic E-state index is 9.00. The van der Waals surface area contributed by atoms with Gasteiger partial charge in [0.25, 0.3) is 11.1 Å². The number of rotatable bonds is 0. The molecule has 0 aliphatic rings. The highest BCUT2D eigenvalue weighted by molar-refractivity contribution is 5.62. The van der Waals surface area contributed by atoms with Gasteiger partial charge in [0.15, 0.2) is 0 Å². The molecule has 0 aliphatic carbocycles. The van der Waals surface area contributed by atoms with Crippen LogP contribution in [-0.4, -0.2) is 21.4 Å². The smallest absolute Gasteiger partial charge is 0.300 e. The van der Waals surface area contributed by atoms with Gasteiger partial charge in [-0.25, -0.2) is 0 Å². The van der Waals surface area contributed by atoms with Crippen LogP contribution in [0.4, 0.5) is 4.70 Å². The number of hydrogen-bond acceptors (Lipinski definition) is 3. The van der Waals surface area contributed by atoms with E-state index in [2.05, 4.69) is 0 Å². The zero-order chi connectivity index (χ0) is 7.15. The highest BCUT2D eigenvalue weighted by atomic mass is 19.0. The molecule has 7 heteroatoms. The number of carboxylic acids is 1. The van der Waals surface area contributed by atoms with Gasteiger partial charge in [-0.1, -0.05) is 0 Å². The lowest BCUT2D eigenvalue weighted by Crippen LogP contribution is -1.81. The second-order valence-corrected chi connectivity index (χ2v) is 0.757. The van der Waals surface area contributed by atoms with Gasteiger partial charge in [-0.15, -0.1) is 10.1 Å². The predicted molar refractivity (Wildman–Crippen MR) is 24.6 cm³/mol. The fourth-order valence-corrected chi connectivity index (χ4v) is 0. The standard InChI is InChI=1S/C2H4O2.FH.HNO3/c1-2(3)4;;2-1(3)4/h1H3,(H,3,4);1H;(H,2,3,4). The van der Waals surface area contributed by atoms with Crippen LogP contribution in [0, 0.1) is 10.1 Å². The average Bonchev–Trinajstić information content (AvgIpc) is 1.25. The molecule has 0 amide bonds. The first-order valence-corrected chi connectivity index (χ1v) is 1.49. The van der Waals surface area contributed by atoms with E-state index in [1.807, 2.05) is 0 Å². The van der Waals surface area contributed by atoms with Crippen LogP contribution < -0.4 is 0 Å². The Morgan fingerprint density at radius 1 is 1.67 bits per heavy atom. The van der Waals surface area contributed by atoms with Gasteiger partial charge in [-0.2, -0.15) is 0 Å². The Balaban J connectivity index is -0.0000000720. The van der Waals surface area contributed by atoms with E-state index >= 15 is 0 Å². The van der Waals surface area contributed by atoms with E-state index in [0.717, 1.165) is 6.92 Å². The molecular formula is C2H6FNO5. The normalized spacial score (nSPS) is 5.44. The van der Waals surface area contributed by atoms with Crippen LogP contribution in [0.5, 0.6) is 0 Å². The van der Waals surface area contributed by atoms with Gasteiger partial charge >= 0.3 is 0 Å². The zero-order valence-electron chi connectivity index (χ0n) is 4.47. The number of carbonyl (C=O) groups is 1. The van der Waals surface area contributed by atoms with Crippen molar-refractivity contribution in [2.45, 2.75) is 6.92 Å². The van der Waals surface area contributed by atoms with Crippen LogP contribution in [0.2, 0.25) is 0 Å². The summed E-state index contributed by atoms with van der Waals surface area (Å²) >= 11 is 0. The van der Waals surface area contributed by atoms with Crippen LogP contribution in [0.1, 0.15) is 6.92 Å². The highest BCUT2D eigenvalue weighted by Gasteiger charge is 1.65. The molecule has 0 saturated carbocycles. The van der Waals surface area contributed by atoms with Crippen LogP contribution in [0.25, 0.3) is 0 Å². The first-order valence-electron chi connectivity index (χ1n) is 1.49. The third-order valence-corrected chi connectivity index (χ3v) is 0. The minimum atomic E-state index is -1.50. The Bertz CT molecular complexity index is 73.0. The second kappa shape index (κ2) is 9.78. The maximum Gasteiger partial charge on any atom is 0.300 e. The molecule has 0 spiro atoms. The van der Waals surface area contributed by atoms with E-state index in [-0.39, 0.29) is 4.70 Å². The molecule has 0 aromatic rings. The topological polar surface area (TPSA) is 101 Å². The molecule has 0 aromatic carbocycles. The lowest BCUT2D eigenvalue weighted by atomic mass is 10.9. The van der Waals surface area contributed by atoms with Crippen molar-refractivity contribution in [3.8, 4) is 0 Å². The Morgan fingerprint density at radius 2 is 1.67 bits per heavy atom. The summed E-state index contributed by atoms with van der Waals surface area (Å²) < 4.78 is 0. The molecular weight excluding hydrogens is 137 g/mol. The SMILES string of the molecule is CC(=O)O.F.O=[N+]([O-])O. The average molecular weight is 143 g/mol. The van der Waals surface area contributed by atoms with Gasteiger partial charge in [0.1, 0.15) is 0 Å². The Hall–Kier alpha value is -1.40. The molecule has 0 atom stereocenters. The Morgan fingerprint density at radius 3 is 1.67 bits per heavy atom. The van der Waals surface area contributed by atoms with Crippen LogP contribution in [0.15, 0.2) is 0 Å². The molecule has 0 bridgehead atoms. The summed E-state index contributed by atoms with van der Waals surface area (Å²) in [4.78, 5) is 17.4. The third kappa shape index (κ3) is 71.3. The minimum absolute atomic E-state index is 0. The van der Waals surface area contributed by atoms with E-state index in [0.29, 0.717) is 0 Å². The third-order valence-electron chi connectivity index (χ3n) is 0. The molecule has 0 radical (unpaired) electrons. The minimum Gasteiger partial charge on any atom is -0.481 e. The van der Waals surface area contributed by atoms with Crippen LogP contribution >= 0.6 is 0 Å². The van der Waals surface area contributed by atoms with Crippen molar-refractivity contribution in [1.82, 2.24) is 0 Å². The number of hydrogen-bond donors (Lipinski definition) is 2. The van der Waals surface area contributed by atoms with E-state index in [1.165, 1.54) is 0 Å². The second-order valence-electron chi connectivity index (χ2n) is 0.757. The molecule has 0 aromatic heterocycles. The molecule has 56 valence electrons. The predicted octanol–water partition coefficient (Wildman–Crippen LogP) is -0.104. The summed E-state index contributed by atoms with van der Waals surface area (Å²) in [7, 11) is 0. The first kappa shape index (κ1) is 15.6. The van der Waals surface area contributed by atoms with Gasteiger partial charge in [0.05, 0.1) is 0 Å². The number of carboxylic acid groups (broad SMARTS) is 1. The van der Waals surface area contributed by atoms with E-state index in [4.69, 9.17) is 25.2 Å². The van der Waals surface area contributed by atoms with Gasteiger partial charge in [0, 0.05) is 6.92 Å². The fraction of sp³-hybridized carbons (Fsp3) is 0.500. The van der Waals surface area contributed by atoms with Crippen molar-refractivity contribution in [1.29, 1.82) is 0 Å². The number of nitrogens with zero attached hydrogens (tertiary/aromatic N) is 1. The van der Waals surface area contributed by atoms with Gasteiger partial charge in [-0.3, -0.25) is 9.50 Å². The van der Waals surface area contributed by atoms with Crippen molar-refractivity contribution in [2.24, 2.45) is 0 Å². The van der Waals surface area contributed by atoms with Crippen molar-refractivity contribution in [2.75, 3.05) is 0 Å². The van der Waals surface area contributed by atoms with Crippen molar-refractivity contribution in [3.63, 3.8) is 0 Å². The largest absolute Gasteiger partial charge is 0.481 e. The van der Waals surface area contributed by atoms with E-state index in [9.17, 15) is 0 Å². The lowest BCUT2D eigenvalue weighted by Gasteiger charge is -1.59. The summed E-state index contributed by atoms with van der Waals surface area (Å²) in [6.07, 6.45) is 0. The Labute approximate surface area is 49.2 Å². The zero-order valence-corrected chi connectivity index (χ0v) is 4.47. The summed E-state index contributed by atoms with van der Waals surface area (Å²) in [5, 5.41) is 21.1. The van der Waals surface area contributed by atoms with Gasteiger partial charge in [-0.05, 0) is 0 Å². The number of aliphatic carboxylic acids is 1. The van der Waals surface area contributed by atoms with Crippen molar-refractivity contribution >= 4 is 5.97 Å². The van der Waals surface area contributed by atoms with Gasteiger partial charge < -0.3 is 10.3 Å². The monoisotopic (exact) mass is 143 g/mol. The highest BCUT2D eigenvalue weighted by Crippen LogP contribution is 1.42. The molecule has 0 unspecified atom stereocenters. The molecule has 6 nitrogen and oxygen atoms in total. The first-order chi connectivity index (χ1) is 3.46. The molecule has 0 rings (SSSR count). The molecule has 0 saturated heterocycles. The molecule has 0 heterocycles. The lowest BCUT2D eigenvalue weighted by molar-refractivity contribution is -0.742. The van der Waals surface area contributed by atoms with Crippen molar-refractivity contribution < 1.29 is 24.9 Å². The van der Waals surface area contributed by atoms with E-state index in [1.54, 1.807) is 0 Å². The van der Waals surface area contributed by atoms with Crippen LogP contribution in [0.3, 0.4) is 0 Å². The number of halogens is 1. The summed E-state index contributed by atoms with van der Waals surface area (Å²) in [6, 6.07) is 0. The maximum absolute atomic E-state index is 9.00. The molecule has 0 fully saturated rings. The van der Waals surface area contributed by atoms with Crippen LogP contribution in [-0.2, 0) is 4.79 Å². The molecule has 0 aliphatic heterocycles. The van der Waals surface area contributed by atoms with Crippen molar-refractivity contribution in [3.05, 3.63) is 10.1 Å². The Kier molecular flexibility index (Phi) is 17.0. The fourth-order valence-electron chi connectivity index (χ4n) is 0. The van der Waals surface area contributed by atoms with E-state index < -0.39 is 11.1 Å². The summed E-state index contributed by atoms with van der Waals surface area (Å²) in [6.45, 7) is 1.08. The summed E-state index contributed by atoms with van der Waals surface area (Å²) in [5.74, 6) is -0.833. The summed E-state index contributed by atoms with van der Waals surface area (Å²) in [5.41, 5.74) is 0. The molecule has 9 heavy (non-hydrogen) atoms. The molecule has 2 N–H and O–H groups in total.